The Morgan fingerprint density at radius 1 is 1.00 bits per heavy atom. The highest BCUT2D eigenvalue weighted by Gasteiger charge is 2.35. The number of sulfonamides is 1. The second-order valence-corrected chi connectivity index (χ2v) is 10.9. The molecule has 1 aliphatic rings. The van der Waals surface area contributed by atoms with E-state index >= 15 is 0 Å². The van der Waals surface area contributed by atoms with Gasteiger partial charge >= 0.3 is 0 Å². The topological polar surface area (TPSA) is 66.5 Å². The van der Waals surface area contributed by atoms with Gasteiger partial charge in [0, 0.05) is 11.7 Å². The van der Waals surface area contributed by atoms with E-state index in [1.165, 1.54) is 4.31 Å². The van der Waals surface area contributed by atoms with Gasteiger partial charge in [0.2, 0.25) is 15.9 Å². The molecule has 1 fully saturated rings. The summed E-state index contributed by atoms with van der Waals surface area (Å²) in [5.74, 6) is -0.407. The van der Waals surface area contributed by atoms with Gasteiger partial charge in [-0.2, -0.15) is 4.31 Å². The average Bonchev–Trinajstić information content (AvgIpc) is 2.68. The Bertz CT molecular complexity index is 1060. The number of aryl methyl sites for hydroxylation is 3. The van der Waals surface area contributed by atoms with Crippen molar-refractivity contribution in [2.75, 3.05) is 11.9 Å². The van der Waals surface area contributed by atoms with Crippen LogP contribution in [0.4, 0.5) is 5.69 Å². The molecule has 1 N–H and O–H groups in total. The third-order valence-corrected chi connectivity index (χ3v) is 8.60. The van der Waals surface area contributed by atoms with Crippen LogP contribution in [0, 0.1) is 20.8 Å². The molecule has 3 rings (SSSR count). The minimum absolute atomic E-state index is 0.196. The summed E-state index contributed by atoms with van der Waals surface area (Å²) in [6, 6.07) is 8.32. The molecule has 2 aromatic carbocycles. The Balaban J connectivity index is 1.92. The van der Waals surface area contributed by atoms with Gasteiger partial charge in [-0.1, -0.05) is 60.2 Å². The molecular weight excluding hydrogens is 455 g/mol. The number of nitrogens with one attached hydrogen (secondary N) is 1. The maximum atomic E-state index is 13.8. The molecule has 0 saturated heterocycles. The summed E-state index contributed by atoms with van der Waals surface area (Å²) in [7, 11) is -3.86. The SMILES string of the molecule is Cc1cc(C)c(S(=O)(=O)N(CC(=O)Nc2ccc(Cl)c(Cl)c2)C2CCCCC2)c(C)c1. The highest BCUT2D eigenvalue weighted by atomic mass is 35.5. The second-order valence-electron chi connectivity index (χ2n) is 8.25. The van der Waals surface area contributed by atoms with Crippen molar-refractivity contribution in [1.29, 1.82) is 0 Å². The first-order valence-electron chi connectivity index (χ1n) is 10.4. The summed E-state index contributed by atoms with van der Waals surface area (Å²) < 4.78 is 28.9. The first-order chi connectivity index (χ1) is 14.6. The lowest BCUT2D eigenvalue weighted by molar-refractivity contribution is -0.116. The molecule has 1 saturated carbocycles. The quantitative estimate of drug-likeness (QED) is 0.558. The van der Waals surface area contributed by atoms with E-state index in [1.807, 2.05) is 32.9 Å². The molecule has 0 aromatic heterocycles. The van der Waals surface area contributed by atoms with E-state index in [0.29, 0.717) is 31.8 Å². The van der Waals surface area contributed by atoms with Gasteiger partial charge in [-0.05, 0) is 62.9 Å². The molecule has 0 radical (unpaired) electrons. The number of halogens is 2. The van der Waals surface area contributed by atoms with Gasteiger partial charge in [-0.15, -0.1) is 0 Å². The fourth-order valence-electron chi connectivity index (χ4n) is 4.39. The third kappa shape index (κ3) is 5.61. The summed E-state index contributed by atoms with van der Waals surface area (Å²) in [6.07, 6.45) is 4.50. The molecule has 0 bridgehead atoms. The Hall–Kier alpha value is -1.60. The van der Waals surface area contributed by atoms with E-state index in [0.717, 1.165) is 37.7 Å². The fraction of sp³-hybridized carbons (Fsp3) is 0.435. The molecule has 0 aliphatic heterocycles. The number of hydrogen-bond acceptors (Lipinski definition) is 3. The fourth-order valence-corrected chi connectivity index (χ4v) is 6.74. The third-order valence-electron chi connectivity index (χ3n) is 5.66. The average molecular weight is 483 g/mol. The molecule has 0 spiro atoms. The number of carbonyl (C=O) groups excluding carboxylic acids is 1. The van der Waals surface area contributed by atoms with Crippen molar-refractivity contribution < 1.29 is 13.2 Å². The van der Waals surface area contributed by atoms with Gasteiger partial charge < -0.3 is 5.32 Å². The molecule has 8 heteroatoms. The van der Waals surface area contributed by atoms with Crippen LogP contribution in [0.25, 0.3) is 0 Å². The first kappa shape index (κ1) is 24.1. The number of rotatable bonds is 6. The van der Waals surface area contributed by atoms with Crippen LogP contribution in [0.15, 0.2) is 35.2 Å². The largest absolute Gasteiger partial charge is 0.325 e. The zero-order chi connectivity index (χ0) is 22.8. The summed E-state index contributed by atoms with van der Waals surface area (Å²) >= 11 is 12.0. The summed E-state index contributed by atoms with van der Waals surface area (Å²) in [5, 5.41) is 3.46. The number of benzene rings is 2. The summed E-state index contributed by atoms with van der Waals surface area (Å²) in [5.41, 5.74) is 2.88. The van der Waals surface area contributed by atoms with Crippen molar-refractivity contribution in [3.05, 3.63) is 57.1 Å². The summed E-state index contributed by atoms with van der Waals surface area (Å²) in [6.45, 7) is 5.31. The van der Waals surface area contributed by atoms with E-state index in [4.69, 9.17) is 23.2 Å². The van der Waals surface area contributed by atoms with Crippen molar-refractivity contribution in [1.82, 2.24) is 4.31 Å². The van der Waals surface area contributed by atoms with E-state index in [2.05, 4.69) is 5.32 Å². The molecule has 31 heavy (non-hydrogen) atoms. The molecule has 1 aliphatic carbocycles. The van der Waals surface area contributed by atoms with Crippen LogP contribution < -0.4 is 5.32 Å². The van der Waals surface area contributed by atoms with E-state index in [9.17, 15) is 13.2 Å². The van der Waals surface area contributed by atoms with Crippen molar-refractivity contribution in [2.45, 2.75) is 63.8 Å². The van der Waals surface area contributed by atoms with Gasteiger partial charge in [-0.3, -0.25) is 4.79 Å². The lowest BCUT2D eigenvalue weighted by Gasteiger charge is -2.33. The van der Waals surface area contributed by atoms with Crippen LogP contribution in [0.3, 0.4) is 0 Å². The number of anilines is 1. The first-order valence-corrected chi connectivity index (χ1v) is 12.6. The number of amides is 1. The van der Waals surface area contributed by atoms with Crippen molar-refractivity contribution in [2.24, 2.45) is 0 Å². The number of carbonyl (C=O) groups is 1. The predicted octanol–water partition coefficient (Wildman–Crippen LogP) is 5.88. The van der Waals surface area contributed by atoms with Crippen LogP contribution in [0.2, 0.25) is 10.0 Å². The van der Waals surface area contributed by atoms with E-state index in [-0.39, 0.29) is 12.6 Å². The number of nitrogens with zero attached hydrogens (tertiary/aromatic N) is 1. The van der Waals surface area contributed by atoms with Crippen molar-refractivity contribution in [3.63, 3.8) is 0 Å². The van der Waals surface area contributed by atoms with Crippen LogP contribution >= 0.6 is 23.2 Å². The van der Waals surface area contributed by atoms with E-state index in [1.54, 1.807) is 18.2 Å². The maximum Gasteiger partial charge on any atom is 0.244 e. The monoisotopic (exact) mass is 482 g/mol. The molecule has 0 heterocycles. The molecule has 0 atom stereocenters. The highest BCUT2D eigenvalue weighted by molar-refractivity contribution is 7.89. The van der Waals surface area contributed by atoms with Gasteiger partial charge in [0.25, 0.3) is 0 Å². The Morgan fingerprint density at radius 3 is 2.19 bits per heavy atom. The van der Waals surface area contributed by atoms with E-state index < -0.39 is 15.9 Å². The lowest BCUT2D eigenvalue weighted by Crippen LogP contribution is -2.46. The van der Waals surface area contributed by atoms with Crippen LogP contribution in [0.1, 0.15) is 48.8 Å². The lowest BCUT2D eigenvalue weighted by atomic mass is 9.95. The standard InChI is InChI=1S/C23H28Cl2N2O3S/c1-15-11-16(2)23(17(3)12-15)31(29,30)27(19-7-5-4-6-8-19)14-22(28)26-18-9-10-20(24)21(25)13-18/h9-13,19H,4-8,14H2,1-3H3,(H,26,28). The summed E-state index contributed by atoms with van der Waals surface area (Å²) in [4.78, 5) is 13.2. The maximum absolute atomic E-state index is 13.8. The Labute approximate surface area is 194 Å². The highest BCUT2D eigenvalue weighted by Crippen LogP contribution is 2.31. The second kappa shape index (κ2) is 9.90. The Kier molecular flexibility index (Phi) is 7.68. The van der Waals surface area contributed by atoms with Crippen LogP contribution in [-0.4, -0.2) is 31.2 Å². The van der Waals surface area contributed by atoms with Crippen molar-refractivity contribution in [3.8, 4) is 0 Å². The molecular formula is C23H28Cl2N2O3S. The molecule has 5 nitrogen and oxygen atoms in total. The zero-order valence-electron chi connectivity index (χ0n) is 18.0. The molecule has 168 valence electrons. The normalized spacial score (nSPS) is 15.3. The van der Waals surface area contributed by atoms with Gasteiger partial charge in [-0.25, -0.2) is 8.42 Å². The zero-order valence-corrected chi connectivity index (χ0v) is 20.4. The smallest absolute Gasteiger partial charge is 0.244 e. The van der Waals surface area contributed by atoms with Gasteiger partial charge in [0.1, 0.15) is 0 Å². The van der Waals surface area contributed by atoms with Crippen LogP contribution in [-0.2, 0) is 14.8 Å². The van der Waals surface area contributed by atoms with Crippen molar-refractivity contribution >= 4 is 44.8 Å². The number of hydrogen-bond donors (Lipinski definition) is 1. The molecule has 1 amide bonds. The van der Waals surface area contributed by atoms with Gasteiger partial charge in [0.15, 0.2) is 0 Å². The minimum atomic E-state index is -3.86. The predicted molar refractivity (Wildman–Crippen MR) is 127 cm³/mol. The Morgan fingerprint density at radius 2 is 1.61 bits per heavy atom. The van der Waals surface area contributed by atoms with Crippen LogP contribution in [0.5, 0.6) is 0 Å². The molecule has 0 unspecified atom stereocenters. The molecule has 2 aromatic rings. The minimum Gasteiger partial charge on any atom is -0.325 e. The van der Waals surface area contributed by atoms with Gasteiger partial charge in [0.05, 0.1) is 21.5 Å².